The van der Waals surface area contributed by atoms with E-state index in [1.807, 2.05) is 0 Å². The second-order valence-corrected chi connectivity index (χ2v) is 13.2. The zero-order valence-electron chi connectivity index (χ0n) is 30.5. The summed E-state index contributed by atoms with van der Waals surface area (Å²) in [4.78, 5) is 2.36. The predicted molar refractivity (Wildman–Crippen MR) is 206 cm³/mol. The third-order valence-electron chi connectivity index (χ3n) is 7.75. The van der Waals surface area contributed by atoms with E-state index in [0.717, 1.165) is 68.7 Å². The zero-order valence-corrected chi connectivity index (χ0v) is 30.5. The summed E-state index contributed by atoms with van der Waals surface area (Å²) in [5.41, 5.74) is 17.2. The Hall–Kier alpha value is -3.54. The highest BCUT2D eigenvalue weighted by Crippen LogP contribution is 2.38. The van der Waals surface area contributed by atoms with Crippen LogP contribution in [0.25, 0.3) is 0 Å². The van der Waals surface area contributed by atoms with Gasteiger partial charge in [-0.2, -0.15) is 0 Å². The summed E-state index contributed by atoms with van der Waals surface area (Å²) in [6.45, 7) is 39.4. The lowest BCUT2D eigenvalue weighted by atomic mass is 9.92. The van der Waals surface area contributed by atoms with Crippen LogP contribution < -0.4 is 27.4 Å². The minimum Gasteiger partial charge on any atom is -0.405 e. The van der Waals surface area contributed by atoms with Gasteiger partial charge in [-0.3, -0.25) is 0 Å². The maximum atomic E-state index is 5.67. The van der Waals surface area contributed by atoms with Gasteiger partial charge >= 0.3 is 0 Å². The van der Waals surface area contributed by atoms with E-state index in [9.17, 15) is 0 Å². The Labute approximate surface area is 284 Å². The van der Waals surface area contributed by atoms with Crippen molar-refractivity contribution >= 4 is 5.69 Å². The average Bonchev–Trinajstić information content (AvgIpc) is 3.26. The lowest BCUT2D eigenvalue weighted by Gasteiger charge is -2.25. The van der Waals surface area contributed by atoms with E-state index >= 15 is 0 Å². The molecule has 0 aliphatic carbocycles. The summed E-state index contributed by atoms with van der Waals surface area (Å²) in [7, 11) is 0. The first-order chi connectivity index (χ1) is 21.8. The maximum Gasteiger partial charge on any atom is 0.0885 e. The van der Waals surface area contributed by atoms with Crippen molar-refractivity contribution in [2.75, 3.05) is 18.4 Å². The highest BCUT2D eigenvalue weighted by atomic mass is 15.2. The van der Waals surface area contributed by atoms with Gasteiger partial charge in [-0.05, 0) is 80.7 Å². The van der Waals surface area contributed by atoms with Crippen molar-refractivity contribution in [2.45, 2.75) is 112 Å². The molecule has 6 nitrogen and oxygen atoms in total. The fraction of sp³-hybridized carbons (Fsp3) is 0.550. The third-order valence-corrected chi connectivity index (χ3v) is 7.75. The molecule has 0 saturated carbocycles. The van der Waals surface area contributed by atoms with Crippen LogP contribution >= 0.6 is 0 Å². The van der Waals surface area contributed by atoms with Crippen LogP contribution in [0, 0.1) is 17.8 Å². The zero-order chi connectivity index (χ0) is 35.1. The molecule has 1 aliphatic heterocycles. The van der Waals surface area contributed by atoms with Gasteiger partial charge in [0.1, 0.15) is 0 Å². The SMILES string of the molecule is C=C(N)NCCCC(NC(=C)CCCCCCN1C(=C)CC(C(C)C)C1=C)C(=C)Nc1ccc(CC(C)C)cc1.C=CN.CCC. The van der Waals surface area contributed by atoms with Crippen molar-refractivity contribution in [3.63, 3.8) is 0 Å². The molecule has 2 unspecified atom stereocenters. The highest BCUT2D eigenvalue weighted by molar-refractivity contribution is 5.50. The van der Waals surface area contributed by atoms with Crippen LogP contribution in [-0.4, -0.2) is 24.0 Å². The molecule has 0 spiro atoms. The van der Waals surface area contributed by atoms with Gasteiger partial charge in [-0.1, -0.05) is 112 Å². The van der Waals surface area contributed by atoms with Crippen LogP contribution in [0.5, 0.6) is 0 Å². The molecule has 46 heavy (non-hydrogen) atoms. The fourth-order valence-electron chi connectivity index (χ4n) is 5.44. The van der Waals surface area contributed by atoms with E-state index in [-0.39, 0.29) is 6.04 Å². The molecule has 1 aromatic rings. The number of unbranched alkanes of at least 4 members (excludes halogenated alkanes) is 3. The maximum absolute atomic E-state index is 5.67. The molecule has 7 N–H and O–H groups in total. The molecule has 1 saturated heterocycles. The van der Waals surface area contributed by atoms with Gasteiger partial charge in [0, 0.05) is 47.5 Å². The second-order valence-electron chi connectivity index (χ2n) is 13.2. The largest absolute Gasteiger partial charge is 0.405 e. The Balaban J connectivity index is 0.00000312. The Bertz CT molecular complexity index is 1050. The molecular formula is C40H70N6. The summed E-state index contributed by atoms with van der Waals surface area (Å²) in [5.74, 6) is 2.32. The Morgan fingerprint density at radius 3 is 2.09 bits per heavy atom. The van der Waals surface area contributed by atoms with Gasteiger partial charge < -0.3 is 32.3 Å². The molecule has 1 aliphatic rings. The highest BCUT2D eigenvalue weighted by Gasteiger charge is 2.30. The second kappa shape index (κ2) is 24.7. The number of anilines is 1. The molecule has 6 heteroatoms. The van der Waals surface area contributed by atoms with Gasteiger partial charge in [0.2, 0.25) is 0 Å². The van der Waals surface area contributed by atoms with E-state index in [2.05, 4.69) is 132 Å². The molecule has 260 valence electrons. The minimum absolute atomic E-state index is 0.0803. The molecule has 1 fully saturated rings. The summed E-state index contributed by atoms with van der Waals surface area (Å²) in [5, 5.41) is 10.3. The molecular weight excluding hydrogens is 564 g/mol. The quantitative estimate of drug-likeness (QED) is 0.0918. The van der Waals surface area contributed by atoms with Crippen LogP contribution in [0.4, 0.5) is 5.69 Å². The smallest absolute Gasteiger partial charge is 0.0885 e. The number of allylic oxidation sites excluding steroid dienone is 3. The van der Waals surface area contributed by atoms with E-state index < -0.39 is 0 Å². The van der Waals surface area contributed by atoms with Gasteiger partial charge in [0.05, 0.1) is 11.9 Å². The standard InChI is InChI=1S/C35H57N5.C3H8.C2H5N/c1-25(2)23-32-17-19-33(20-18-32)39-29(7)35(16-14-21-37-31(9)36)38-27(5)15-12-10-11-13-22-40-28(6)24-34(26(3)4)30(40)8;1-3-2;1-2-3/h17-20,25-26,34-35,37-39H,5-16,21-24,36H2,1-4H3;3H2,1-2H3;2H,1,3H2. The number of benzene rings is 1. The predicted octanol–water partition coefficient (Wildman–Crippen LogP) is 9.54. The van der Waals surface area contributed by atoms with Crippen LogP contribution in [0.1, 0.15) is 105 Å². The van der Waals surface area contributed by atoms with Crippen molar-refractivity contribution in [2.24, 2.45) is 29.2 Å². The number of likely N-dealkylation sites (tertiary alicyclic amines) is 1. The van der Waals surface area contributed by atoms with E-state index in [0.29, 0.717) is 23.6 Å². The molecule has 2 atom stereocenters. The first kappa shape index (κ1) is 42.5. The molecule has 2 rings (SSSR count). The van der Waals surface area contributed by atoms with Crippen LogP contribution in [0.2, 0.25) is 0 Å². The van der Waals surface area contributed by atoms with Gasteiger partial charge in [-0.25, -0.2) is 0 Å². The number of nitrogens with one attached hydrogen (secondary N) is 3. The number of hydrogen-bond acceptors (Lipinski definition) is 6. The van der Waals surface area contributed by atoms with Crippen molar-refractivity contribution in [1.82, 2.24) is 15.5 Å². The molecule has 1 heterocycles. The molecule has 0 amide bonds. The molecule has 0 bridgehead atoms. The number of hydrogen-bond donors (Lipinski definition) is 5. The molecule has 1 aromatic carbocycles. The first-order valence-electron chi connectivity index (χ1n) is 17.4. The average molecular weight is 635 g/mol. The number of nitrogens with two attached hydrogens (primary N) is 2. The van der Waals surface area contributed by atoms with Crippen molar-refractivity contribution < 1.29 is 0 Å². The number of rotatable bonds is 20. The summed E-state index contributed by atoms with van der Waals surface area (Å²) >= 11 is 0. The molecule has 0 radical (unpaired) electrons. The first-order valence-corrected chi connectivity index (χ1v) is 17.4. The Morgan fingerprint density at radius 2 is 1.57 bits per heavy atom. The lowest BCUT2D eigenvalue weighted by molar-refractivity contribution is 0.394. The van der Waals surface area contributed by atoms with E-state index in [4.69, 9.17) is 5.73 Å². The topological polar surface area (TPSA) is 91.4 Å². The van der Waals surface area contributed by atoms with Crippen molar-refractivity contribution in [3.05, 3.63) is 104 Å². The van der Waals surface area contributed by atoms with Crippen molar-refractivity contribution in [1.29, 1.82) is 0 Å². The lowest BCUT2D eigenvalue weighted by Crippen LogP contribution is -2.33. The van der Waals surface area contributed by atoms with Crippen LogP contribution in [0.3, 0.4) is 0 Å². The normalized spacial score (nSPS) is 14.5. The van der Waals surface area contributed by atoms with Gasteiger partial charge in [-0.15, -0.1) is 0 Å². The molecule has 0 aromatic heterocycles. The monoisotopic (exact) mass is 635 g/mol. The number of nitrogens with zero attached hydrogens (tertiary/aromatic N) is 1. The van der Waals surface area contributed by atoms with E-state index in [1.54, 1.807) is 0 Å². The Morgan fingerprint density at radius 1 is 0.978 bits per heavy atom. The van der Waals surface area contributed by atoms with Crippen LogP contribution in [-0.2, 0) is 6.42 Å². The summed E-state index contributed by atoms with van der Waals surface area (Å²) < 4.78 is 0. The van der Waals surface area contributed by atoms with Crippen molar-refractivity contribution in [3.8, 4) is 0 Å². The summed E-state index contributed by atoms with van der Waals surface area (Å²) in [6, 6.07) is 8.77. The fourth-order valence-corrected chi connectivity index (χ4v) is 5.44. The van der Waals surface area contributed by atoms with Crippen LogP contribution in [0.15, 0.2) is 98.5 Å². The Kier molecular flexibility index (Phi) is 22.8. The summed E-state index contributed by atoms with van der Waals surface area (Å²) in [6.07, 6.45) is 12.2. The van der Waals surface area contributed by atoms with E-state index in [1.165, 1.54) is 48.8 Å². The van der Waals surface area contributed by atoms with Gasteiger partial charge in [0.25, 0.3) is 0 Å². The minimum atomic E-state index is 0.0803. The third kappa shape index (κ3) is 18.4. The van der Waals surface area contributed by atoms with Gasteiger partial charge in [0.15, 0.2) is 0 Å².